The molecule has 1 aromatic rings. The van der Waals surface area contributed by atoms with Gasteiger partial charge in [-0.2, -0.15) is 0 Å². The van der Waals surface area contributed by atoms with E-state index in [0.717, 1.165) is 25.6 Å². The Kier molecular flexibility index (Phi) is 3.01. The van der Waals surface area contributed by atoms with Gasteiger partial charge in [0, 0.05) is 30.4 Å². The van der Waals surface area contributed by atoms with E-state index in [1.807, 2.05) is 18.4 Å². The van der Waals surface area contributed by atoms with Gasteiger partial charge < -0.3 is 15.0 Å². The zero-order valence-corrected chi connectivity index (χ0v) is 12.2. The standard InChI is InChI=1S/C14H21N3OS/c1-15-6-12-13(9-2-3-9)16-14(19-12)17-7-10-4-5-11(8-17)18-10/h9-11,15H,2-8H2,1H3. The van der Waals surface area contributed by atoms with Crippen LogP contribution < -0.4 is 10.2 Å². The number of fused-ring (bicyclic) bond motifs is 2. The van der Waals surface area contributed by atoms with Crippen LogP contribution in [0.2, 0.25) is 0 Å². The quantitative estimate of drug-likeness (QED) is 0.916. The van der Waals surface area contributed by atoms with E-state index in [4.69, 9.17) is 9.72 Å². The highest BCUT2D eigenvalue weighted by Gasteiger charge is 2.36. The highest BCUT2D eigenvalue weighted by molar-refractivity contribution is 7.15. The van der Waals surface area contributed by atoms with Crippen molar-refractivity contribution in [3.8, 4) is 0 Å². The van der Waals surface area contributed by atoms with E-state index >= 15 is 0 Å². The summed E-state index contributed by atoms with van der Waals surface area (Å²) < 4.78 is 5.92. The maximum Gasteiger partial charge on any atom is 0.186 e. The van der Waals surface area contributed by atoms with Crippen LogP contribution in [0.4, 0.5) is 5.13 Å². The Hall–Kier alpha value is -0.650. The first-order chi connectivity index (χ1) is 9.33. The van der Waals surface area contributed by atoms with Crippen molar-refractivity contribution < 1.29 is 4.74 Å². The number of morpholine rings is 1. The Labute approximate surface area is 118 Å². The first kappa shape index (κ1) is 12.1. The summed E-state index contributed by atoms with van der Waals surface area (Å²) in [7, 11) is 2.02. The predicted molar refractivity (Wildman–Crippen MR) is 77.0 cm³/mol. The number of rotatable bonds is 4. The maximum atomic E-state index is 5.92. The zero-order valence-electron chi connectivity index (χ0n) is 11.4. The fraction of sp³-hybridized carbons (Fsp3) is 0.786. The summed E-state index contributed by atoms with van der Waals surface area (Å²) in [5, 5.41) is 4.51. The van der Waals surface area contributed by atoms with Crippen molar-refractivity contribution >= 4 is 16.5 Å². The van der Waals surface area contributed by atoms with Gasteiger partial charge in [-0.05, 0) is 32.7 Å². The molecule has 104 valence electrons. The van der Waals surface area contributed by atoms with Gasteiger partial charge in [0.2, 0.25) is 0 Å². The van der Waals surface area contributed by atoms with Crippen molar-refractivity contribution in [3.63, 3.8) is 0 Å². The zero-order chi connectivity index (χ0) is 12.8. The third kappa shape index (κ3) is 2.28. The molecule has 2 bridgehead atoms. The van der Waals surface area contributed by atoms with Crippen LogP contribution in [-0.4, -0.2) is 37.3 Å². The van der Waals surface area contributed by atoms with Crippen LogP contribution in [0.5, 0.6) is 0 Å². The molecule has 0 radical (unpaired) electrons. The molecule has 3 fully saturated rings. The second-order valence-electron chi connectivity index (χ2n) is 5.97. The molecule has 0 spiro atoms. The third-order valence-corrected chi connectivity index (χ3v) is 5.46. The summed E-state index contributed by atoms with van der Waals surface area (Å²) in [6.45, 7) is 3.03. The molecule has 19 heavy (non-hydrogen) atoms. The van der Waals surface area contributed by atoms with Crippen molar-refractivity contribution in [2.24, 2.45) is 0 Å². The Morgan fingerprint density at radius 3 is 2.63 bits per heavy atom. The molecule has 0 amide bonds. The van der Waals surface area contributed by atoms with Crippen LogP contribution in [0, 0.1) is 0 Å². The van der Waals surface area contributed by atoms with Crippen molar-refractivity contribution in [1.29, 1.82) is 0 Å². The predicted octanol–water partition coefficient (Wildman–Crippen LogP) is 2.11. The number of aromatic nitrogens is 1. The Balaban J connectivity index is 1.58. The van der Waals surface area contributed by atoms with Gasteiger partial charge in [-0.25, -0.2) is 4.98 Å². The Morgan fingerprint density at radius 1 is 1.26 bits per heavy atom. The molecule has 1 aliphatic carbocycles. The summed E-state index contributed by atoms with van der Waals surface area (Å²) in [5.74, 6) is 0.742. The molecule has 2 saturated heterocycles. The molecule has 5 heteroatoms. The first-order valence-electron chi connectivity index (χ1n) is 7.38. The van der Waals surface area contributed by atoms with Crippen LogP contribution >= 0.6 is 11.3 Å². The van der Waals surface area contributed by atoms with Gasteiger partial charge in [-0.15, -0.1) is 11.3 Å². The van der Waals surface area contributed by atoms with E-state index in [1.54, 1.807) is 0 Å². The van der Waals surface area contributed by atoms with Gasteiger partial charge in [0.15, 0.2) is 5.13 Å². The molecule has 4 rings (SSSR count). The summed E-state index contributed by atoms with van der Waals surface area (Å²) in [4.78, 5) is 8.86. The minimum Gasteiger partial charge on any atom is -0.371 e. The normalized spacial score (nSPS) is 30.1. The number of ether oxygens (including phenoxy) is 1. The van der Waals surface area contributed by atoms with Crippen LogP contribution in [0.15, 0.2) is 0 Å². The van der Waals surface area contributed by atoms with E-state index in [0.29, 0.717) is 12.2 Å². The van der Waals surface area contributed by atoms with Gasteiger partial charge in [0.05, 0.1) is 17.9 Å². The second kappa shape index (κ2) is 4.72. The molecular formula is C14H21N3OS. The van der Waals surface area contributed by atoms with Gasteiger partial charge in [0.1, 0.15) is 0 Å². The Morgan fingerprint density at radius 2 is 2.00 bits per heavy atom. The van der Waals surface area contributed by atoms with Crippen LogP contribution in [-0.2, 0) is 11.3 Å². The highest BCUT2D eigenvalue weighted by atomic mass is 32.1. The summed E-state index contributed by atoms with van der Waals surface area (Å²) in [6, 6.07) is 0. The lowest BCUT2D eigenvalue weighted by Gasteiger charge is -2.31. The van der Waals surface area contributed by atoms with E-state index in [1.165, 1.54) is 41.4 Å². The maximum absolute atomic E-state index is 5.92. The van der Waals surface area contributed by atoms with Gasteiger partial charge in [-0.3, -0.25) is 0 Å². The van der Waals surface area contributed by atoms with Gasteiger partial charge in [-0.1, -0.05) is 0 Å². The van der Waals surface area contributed by atoms with Crippen molar-refractivity contribution in [2.75, 3.05) is 25.0 Å². The highest BCUT2D eigenvalue weighted by Crippen LogP contribution is 2.44. The number of hydrogen-bond acceptors (Lipinski definition) is 5. The summed E-state index contributed by atoms with van der Waals surface area (Å²) in [5.41, 5.74) is 1.37. The minimum absolute atomic E-state index is 0.444. The molecule has 2 aliphatic heterocycles. The third-order valence-electron chi connectivity index (χ3n) is 4.33. The molecule has 1 N–H and O–H groups in total. The van der Waals surface area contributed by atoms with Crippen molar-refractivity contribution in [2.45, 2.75) is 50.4 Å². The second-order valence-corrected chi connectivity index (χ2v) is 7.03. The van der Waals surface area contributed by atoms with E-state index in [-0.39, 0.29) is 0 Å². The average Bonchev–Trinajstić information content (AvgIpc) is 3.09. The monoisotopic (exact) mass is 279 g/mol. The van der Waals surface area contributed by atoms with Gasteiger partial charge in [0.25, 0.3) is 0 Å². The molecule has 3 aliphatic rings. The number of thiazole rings is 1. The molecule has 2 atom stereocenters. The smallest absolute Gasteiger partial charge is 0.186 e. The van der Waals surface area contributed by atoms with E-state index in [9.17, 15) is 0 Å². The molecule has 3 heterocycles. The fourth-order valence-electron chi connectivity index (χ4n) is 3.22. The van der Waals surface area contributed by atoms with Crippen molar-refractivity contribution in [3.05, 3.63) is 10.6 Å². The van der Waals surface area contributed by atoms with Crippen molar-refractivity contribution in [1.82, 2.24) is 10.3 Å². The Bertz CT molecular complexity index is 459. The van der Waals surface area contributed by atoms with Crippen LogP contribution in [0.25, 0.3) is 0 Å². The lowest BCUT2D eigenvalue weighted by Crippen LogP contribution is -2.42. The molecular weight excluding hydrogens is 258 g/mol. The topological polar surface area (TPSA) is 37.4 Å². The lowest BCUT2D eigenvalue weighted by molar-refractivity contribution is 0.0305. The molecule has 4 nitrogen and oxygen atoms in total. The lowest BCUT2D eigenvalue weighted by atomic mass is 10.2. The number of hydrogen-bond donors (Lipinski definition) is 1. The number of nitrogens with zero attached hydrogens (tertiary/aromatic N) is 2. The summed E-state index contributed by atoms with van der Waals surface area (Å²) in [6.07, 6.45) is 6.00. The van der Waals surface area contributed by atoms with Gasteiger partial charge >= 0.3 is 0 Å². The summed E-state index contributed by atoms with van der Waals surface area (Å²) >= 11 is 1.89. The number of nitrogens with one attached hydrogen (secondary N) is 1. The first-order valence-corrected chi connectivity index (χ1v) is 8.19. The van der Waals surface area contributed by atoms with E-state index < -0.39 is 0 Å². The minimum atomic E-state index is 0.444. The number of anilines is 1. The SMILES string of the molecule is CNCc1sc(N2CC3CCC(C2)O3)nc1C1CC1. The molecule has 1 aromatic heterocycles. The molecule has 0 aromatic carbocycles. The largest absolute Gasteiger partial charge is 0.371 e. The fourth-order valence-corrected chi connectivity index (χ4v) is 4.40. The molecule has 1 saturated carbocycles. The van der Waals surface area contributed by atoms with E-state index in [2.05, 4.69) is 10.2 Å². The van der Waals surface area contributed by atoms with Crippen LogP contribution in [0.3, 0.4) is 0 Å². The molecule has 2 unspecified atom stereocenters. The van der Waals surface area contributed by atoms with Crippen LogP contribution in [0.1, 0.15) is 42.2 Å². The average molecular weight is 279 g/mol.